The zero-order valence-corrected chi connectivity index (χ0v) is 15.0. The van der Waals surface area contributed by atoms with Crippen molar-refractivity contribution < 1.29 is 19.1 Å². The Balaban J connectivity index is 1.99. The molecule has 2 aromatic carbocycles. The summed E-state index contributed by atoms with van der Waals surface area (Å²) in [6, 6.07) is 13.1. The Labute approximate surface area is 152 Å². The molecule has 0 spiro atoms. The zero-order valence-electron chi connectivity index (χ0n) is 15.0. The van der Waals surface area contributed by atoms with Gasteiger partial charge in [0.25, 0.3) is 5.91 Å². The summed E-state index contributed by atoms with van der Waals surface area (Å²) >= 11 is 0. The molecule has 2 amide bonds. The average molecular weight is 354 g/mol. The van der Waals surface area contributed by atoms with E-state index in [0.717, 1.165) is 0 Å². The van der Waals surface area contributed by atoms with Crippen molar-refractivity contribution in [1.29, 1.82) is 0 Å². The van der Waals surface area contributed by atoms with E-state index in [2.05, 4.69) is 10.6 Å². The first-order valence-corrected chi connectivity index (χ1v) is 8.40. The van der Waals surface area contributed by atoms with E-state index >= 15 is 0 Å². The molecule has 26 heavy (non-hydrogen) atoms. The quantitative estimate of drug-likeness (QED) is 0.775. The van der Waals surface area contributed by atoms with Crippen molar-refractivity contribution in [2.45, 2.75) is 20.8 Å². The summed E-state index contributed by atoms with van der Waals surface area (Å²) in [4.78, 5) is 35.6. The van der Waals surface area contributed by atoms with Gasteiger partial charge in [-0.05, 0) is 55.5 Å². The number of anilines is 2. The first-order valence-electron chi connectivity index (χ1n) is 8.40. The van der Waals surface area contributed by atoms with Crippen LogP contribution in [0.5, 0.6) is 0 Å². The molecule has 0 bridgehead atoms. The number of carbonyl (C=O) groups is 3. The van der Waals surface area contributed by atoms with Crippen LogP contribution in [0.15, 0.2) is 48.5 Å². The summed E-state index contributed by atoms with van der Waals surface area (Å²) in [6.07, 6.45) is 0. The topological polar surface area (TPSA) is 84.5 Å². The molecular formula is C20H22N2O4. The fraction of sp³-hybridized carbons (Fsp3) is 0.250. The van der Waals surface area contributed by atoms with Crippen LogP contribution >= 0.6 is 0 Å². The van der Waals surface area contributed by atoms with E-state index in [4.69, 9.17) is 4.74 Å². The Morgan fingerprint density at radius 1 is 0.846 bits per heavy atom. The third kappa shape index (κ3) is 5.17. The molecule has 0 radical (unpaired) electrons. The van der Waals surface area contributed by atoms with Gasteiger partial charge in [-0.15, -0.1) is 0 Å². The Bertz CT molecular complexity index is 780. The minimum Gasteiger partial charge on any atom is -0.462 e. The minimum absolute atomic E-state index is 0.0797. The smallest absolute Gasteiger partial charge is 0.338 e. The number of nitrogens with one attached hydrogen (secondary N) is 2. The molecule has 2 N–H and O–H groups in total. The highest BCUT2D eigenvalue weighted by atomic mass is 16.5. The van der Waals surface area contributed by atoms with Crippen LogP contribution in [0, 0.1) is 5.92 Å². The van der Waals surface area contributed by atoms with Gasteiger partial charge in [0.1, 0.15) is 0 Å². The first-order chi connectivity index (χ1) is 12.4. The van der Waals surface area contributed by atoms with Crippen molar-refractivity contribution in [3.63, 3.8) is 0 Å². The van der Waals surface area contributed by atoms with Crippen molar-refractivity contribution in [2.75, 3.05) is 17.2 Å². The predicted octanol–water partition coefficient (Wildman–Crippen LogP) is 3.71. The third-order valence-corrected chi connectivity index (χ3v) is 3.59. The van der Waals surface area contributed by atoms with Crippen LogP contribution in [-0.4, -0.2) is 24.4 Å². The molecule has 136 valence electrons. The second kappa shape index (κ2) is 8.80. The van der Waals surface area contributed by atoms with Gasteiger partial charge in [0.2, 0.25) is 5.91 Å². The summed E-state index contributed by atoms with van der Waals surface area (Å²) in [5.41, 5.74) is 2.09. The fourth-order valence-electron chi connectivity index (χ4n) is 2.10. The summed E-state index contributed by atoms with van der Waals surface area (Å²) in [5, 5.41) is 5.53. The molecule has 0 atom stereocenters. The van der Waals surface area contributed by atoms with Crippen molar-refractivity contribution in [1.82, 2.24) is 0 Å². The normalized spacial score (nSPS) is 10.3. The van der Waals surface area contributed by atoms with E-state index in [1.807, 2.05) is 13.8 Å². The fourth-order valence-corrected chi connectivity index (χ4v) is 2.10. The number of hydrogen-bond donors (Lipinski definition) is 2. The number of benzene rings is 2. The number of ether oxygens (including phenoxy) is 1. The Morgan fingerprint density at radius 2 is 1.35 bits per heavy atom. The summed E-state index contributed by atoms with van der Waals surface area (Å²) in [7, 11) is 0. The molecule has 0 saturated carbocycles. The molecule has 0 aromatic heterocycles. The van der Waals surface area contributed by atoms with Crippen molar-refractivity contribution >= 4 is 29.2 Å². The van der Waals surface area contributed by atoms with Crippen LogP contribution in [0.4, 0.5) is 11.4 Å². The van der Waals surface area contributed by atoms with E-state index in [0.29, 0.717) is 29.1 Å². The molecule has 0 fully saturated rings. The number of amides is 2. The van der Waals surface area contributed by atoms with E-state index in [-0.39, 0.29) is 17.7 Å². The number of hydrogen-bond acceptors (Lipinski definition) is 4. The lowest BCUT2D eigenvalue weighted by atomic mass is 10.1. The van der Waals surface area contributed by atoms with Crippen LogP contribution in [-0.2, 0) is 9.53 Å². The summed E-state index contributed by atoms with van der Waals surface area (Å²) < 4.78 is 4.92. The van der Waals surface area contributed by atoms with Gasteiger partial charge in [-0.1, -0.05) is 13.8 Å². The van der Waals surface area contributed by atoms with Crippen LogP contribution < -0.4 is 10.6 Å². The van der Waals surface area contributed by atoms with Gasteiger partial charge in [-0.25, -0.2) is 4.79 Å². The highest BCUT2D eigenvalue weighted by molar-refractivity contribution is 6.05. The van der Waals surface area contributed by atoms with Gasteiger partial charge in [0.15, 0.2) is 0 Å². The maximum absolute atomic E-state index is 12.3. The first kappa shape index (κ1) is 19.2. The Morgan fingerprint density at radius 3 is 1.85 bits per heavy atom. The maximum atomic E-state index is 12.3. The monoisotopic (exact) mass is 354 g/mol. The molecule has 0 unspecified atom stereocenters. The molecule has 0 aliphatic rings. The van der Waals surface area contributed by atoms with Gasteiger partial charge in [-0.2, -0.15) is 0 Å². The van der Waals surface area contributed by atoms with E-state index < -0.39 is 5.97 Å². The van der Waals surface area contributed by atoms with Crippen molar-refractivity contribution in [2.24, 2.45) is 5.92 Å². The second-order valence-corrected chi connectivity index (χ2v) is 5.97. The molecule has 6 heteroatoms. The zero-order chi connectivity index (χ0) is 19.1. The molecular weight excluding hydrogens is 332 g/mol. The molecule has 0 aliphatic carbocycles. The van der Waals surface area contributed by atoms with Gasteiger partial charge < -0.3 is 15.4 Å². The van der Waals surface area contributed by atoms with Gasteiger partial charge in [0, 0.05) is 22.9 Å². The SMILES string of the molecule is CCOC(=O)c1ccc(NC(=O)c2ccc(NC(=O)C(C)C)cc2)cc1. The third-order valence-electron chi connectivity index (χ3n) is 3.59. The largest absolute Gasteiger partial charge is 0.462 e. The van der Waals surface area contributed by atoms with Crippen LogP contribution in [0.1, 0.15) is 41.5 Å². The Kier molecular flexibility index (Phi) is 6.49. The highest BCUT2D eigenvalue weighted by Crippen LogP contribution is 2.15. The van der Waals surface area contributed by atoms with Crippen LogP contribution in [0.3, 0.4) is 0 Å². The lowest BCUT2D eigenvalue weighted by Gasteiger charge is -2.09. The van der Waals surface area contributed by atoms with E-state index in [9.17, 15) is 14.4 Å². The highest BCUT2D eigenvalue weighted by Gasteiger charge is 2.10. The van der Waals surface area contributed by atoms with E-state index in [1.54, 1.807) is 55.5 Å². The molecule has 0 aliphatic heterocycles. The number of carbonyl (C=O) groups excluding carboxylic acids is 3. The average Bonchev–Trinajstić information content (AvgIpc) is 2.63. The molecule has 0 heterocycles. The lowest BCUT2D eigenvalue weighted by Crippen LogP contribution is -2.18. The number of rotatable bonds is 6. The van der Waals surface area contributed by atoms with Crippen LogP contribution in [0.2, 0.25) is 0 Å². The maximum Gasteiger partial charge on any atom is 0.338 e. The molecule has 2 aromatic rings. The van der Waals surface area contributed by atoms with E-state index in [1.165, 1.54) is 0 Å². The number of esters is 1. The van der Waals surface area contributed by atoms with Gasteiger partial charge >= 0.3 is 5.97 Å². The molecule has 0 saturated heterocycles. The summed E-state index contributed by atoms with van der Waals surface area (Å²) in [6.45, 7) is 5.67. The van der Waals surface area contributed by atoms with Gasteiger partial charge in [-0.3, -0.25) is 9.59 Å². The second-order valence-electron chi connectivity index (χ2n) is 5.97. The summed E-state index contributed by atoms with van der Waals surface area (Å²) in [5.74, 6) is -0.875. The van der Waals surface area contributed by atoms with Crippen LogP contribution in [0.25, 0.3) is 0 Å². The Hall–Kier alpha value is -3.15. The van der Waals surface area contributed by atoms with Crippen molar-refractivity contribution in [3.8, 4) is 0 Å². The lowest BCUT2D eigenvalue weighted by molar-refractivity contribution is -0.118. The standard InChI is InChI=1S/C20H22N2O4/c1-4-26-20(25)15-7-11-17(12-8-15)22-19(24)14-5-9-16(10-6-14)21-18(23)13(2)3/h5-13H,4H2,1-3H3,(H,21,23)(H,22,24). The molecule has 6 nitrogen and oxygen atoms in total. The van der Waals surface area contributed by atoms with Gasteiger partial charge in [0.05, 0.1) is 12.2 Å². The predicted molar refractivity (Wildman–Crippen MR) is 100 cm³/mol. The molecule has 2 rings (SSSR count). The van der Waals surface area contributed by atoms with Crippen molar-refractivity contribution in [3.05, 3.63) is 59.7 Å². The minimum atomic E-state index is -0.399.